The molecule has 4 aliphatic rings. The Hall–Kier alpha value is -1.17. The third kappa shape index (κ3) is 5.07. The van der Waals surface area contributed by atoms with Crippen molar-refractivity contribution >= 4 is 101 Å². The standard InChI is InChI=1S/C24H18As2O8S5/c27-17-5-3-14-19(13-2-1-12(39(31,32)33)11-16(13)24(29)30)15-4-6-18(28)21(26-37-9-10-38-26)23(15)34-22(14)20(17)25-35-7-8-36-25/h1-6,11,27H,7-10H2,(H,29,30)(H,31,32,33). The average molecular weight is 745 g/mol. The van der Waals surface area contributed by atoms with Gasteiger partial charge in [-0.25, -0.2) is 0 Å². The molecule has 3 heterocycles. The molecule has 1 aliphatic carbocycles. The average Bonchev–Trinajstić information content (AvgIpc) is 3.61. The summed E-state index contributed by atoms with van der Waals surface area (Å²) in [5, 5.41) is 21.7. The maximum absolute atomic E-state index is 13.3. The summed E-state index contributed by atoms with van der Waals surface area (Å²) in [5.74, 6) is 2.94. The van der Waals surface area contributed by atoms with Gasteiger partial charge < -0.3 is 0 Å². The fourth-order valence-corrected chi connectivity index (χ4v) is 34.6. The van der Waals surface area contributed by atoms with E-state index in [9.17, 15) is 32.8 Å². The zero-order valence-electron chi connectivity index (χ0n) is 19.7. The number of carboxylic acids is 1. The summed E-state index contributed by atoms with van der Waals surface area (Å²) in [7, 11) is 2.56. The normalized spacial score (nSPS) is 16.9. The third-order valence-corrected chi connectivity index (χ3v) is 34.1. The fraction of sp³-hybridized carbons (Fsp3) is 0.167. The van der Waals surface area contributed by atoms with Crippen LogP contribution in [0.2, 0.25) is 0 Å². The van der Waals surface area contributed by atoms with Gasteiger partial charge >= 0.3 is 247 Å². The van der Waals surface area contributed by atoms with Gasteiger partial charge in [0.25, 0.3) is 0 Å². The van der Waals surface area contributed by atoms with Crippen LogP contribution in [0.3, 0.4) is 0 Å². The van der Waals surface area contributed by atoms with E-state index in [0.29, 0.717) is 32.2 Å². The molecule has 15 heteroatoms. The summed E-state index contributed by atoms with van der Waals surface area (Å²) >= 11 is -3.73. The van der Waals surface area contributed by atoms with Crippen LogP contribution in [0.4, 0.5) is 0 Å². The number of phenols is 1. The minimum atomic E-state index is -4.65. The van der Waals surface area contributed by atoms with Crippen molar-refractivity contribution in [3.05, 3.63) is 58.3 Å². The molecule has 6 rings (SSSR count). The molecule has 39 heavy (non-hydrogen) atoms. The van der Waals surface area contributed by atoms with Gasteiger partial charge in [-0.15, -0.1) is 0 Å². The molecule has 3 N–H and O–H groups in total. The summed E-state index contributed by atoms with van der Waals surface area (Å²) in [6.07, 6.45) is 0. The Morgan fingerprint density at radius 2 is 1.49 bits per heavy atom. The van der Waals surface area contributed by atoms with E-state index < -0.39 is 45.7 Å². The molecule has 3 aliphatic heterocycles. The number of hydrogen-bond donors (Lipinski definition) is 3. The number of carboxylic acid groups (broad SMARTS) is 1. The van der Waals surface area contributed by atoms with E-state index in [1.807, 2.05) is 20.0 Å². The van der Waals surface area contributed by atoms with Crippen LogP contribution in [-0.4, -0.2) is 76.8 Å². The van der Waals surface area contributed by atoms with Gasteiger partial charge in [-0.1, -0.05) is 0 Å². The number of rotatable bonds is 5. The first-order valence-corrected chi connectivity index (χ1v) is 27.7. The van der Waals surface area contributed by atoms with Crippen molar-refractivity contribution in [2.24, 2.45) is 0 Å². The maximum atomic E-state index is 13.3. The Balaban J connectivity index is 1.77. The van der Waals surface area contributed by atoms with E-state index >= 15 is 0 Å². The van der Waals surface area contributed by atoms with Gasteiger partial charge in [0.2, 0.25) is 0 Å². The first-order chi connectivity index (χ1) is 18.6. The topological polar surface area (TPSA) is 142 Å². The predicted molar refractivity (Wildman–Crippen MR) is 164 cm³/mol. The molecule has 0 atom stereocenters. The van der Waals surface area contributed by atoms with Crippen LogP contribution in [0.1, 0.15) is 10.4 Å². The molecule has 2 aromatic rings. The molecule has 0 aromatic heterocycles. The molecule has 2 aromatic carbocycles. The van der Waals surface area contributed by atoms with Gasteiger partial charge in [-0.2, -0.15) is 0 Å². The van der Waals surface area contributed by atoms with E-state index in [-0.39, 0.29) is 22.3 Å². The van der Waals surface area contributed by atoms with E-state index in [1.165, 1.54) is 18.2 Å². The summed E-state index contributed by atoms with van der Waals surface area (Å²) in [4.78, 5) is 25.1. The Morgan fingerprint density at radius 3 is 2.10 bits per heavy atom. The van der Waals surface area contributed by atoms with Gasteiger partial charge in [0.1, 0.15) is 0 Å². The summed E-state index contributed by atoms with van der Waals surface area (Å²) < 4.78 is 41.2. The summed E-state index contributed by atoms with van der Waals surface area (Å²) in [6, 6.07) is 9.86. The quantitative estimate of drug-likeness (QED) is 0.156. The minimum absolute atomic E-state index is 0.112. The van der Waals surface area contributed by atoms with Gasteiger partial charge in [0, 0.05) is 0 Å². The van der Waals surface area contributed by atoms with Gasteiger partial charge in [0.15, 0.2) is 0 Å². The SMILES string of the molecule is O=C(O)c1cc(S(=O)(=O)O)ccc1-c1c2ccc(=O)c([As]3SCCS3)c-2oc2c([As]3SCCS3)c(O)ccc12. The van der Waals surface area contributed by atoms with Crippen molar-refractivity contribution in [1.82, 2.24) is 0 Å². The molecule has 0 amide bonds. The molecule has 202 valence electrons. The Kier molecular flexibility index (Phi) is 7.82. The van der Waals surface area contributed by atoms with Gasteiger partial charge in [-0.3, -0.25) is 0 Å². The van der Waals surface area contributed by atoms with Crippen LogP contribution in [0.15, 0.2) is 56.6 Å². The van der Waals surface area contributed by atoms with Crippen LogP contribution in [0.5, 0.6) is 5.75 Å². The molecule has 0 unspecified atom stereocenters. The fourth-order valence-electron chi connectivity index (χ4n) is 4.49. The number of aromatic hydroxyl groups is 1. The first kappa shape index (κ1) is 28.0. The molecular formula is C24H18As2O8S5. The van der Waals surface area contributed by atoms with E-state index in [1.54, 1.807) is 38.2 Å². The van der Waals surface area contributed by atoms with Crippen molar-refractivity contribution in [1.29, 1.82) is 0 Å². The molecule has 0 radical (unpaired) electrons. The van der Waals surface area contributed by atoms with E-state index in [2.05, 4.69) is 0 Å². The van der Waals surface area contributed by atoms with Crippen LogP contribution in [0.25, 0.3) is 33.4 Å². The monoisotopic (exact) mass is 744 g/mol. The number of benzene rings is 3. The third-order valence-electron chi connectivity index (χ3n) is 6.10. The van der Waals surface area contributed by atoms with Crippen molar-refractivity contribution in [2.45, 2.75) is 4.90 Å². The molecule has 0 bridgehead atoms. The molecule has 2 saturated heterocycles. The summed E-state index contributed by atoms with van der Waals surface area (Å²) in [6.45, 7) is 0. The van der Waals surface area contributed by atoms with Crippen LogP contribution in [0, 0.1) is 0 Å². The first-order valence-electron chi connectivity index (χ1n) is 11.4. The van der Waals surface area contributed by atoms with Crippen LogP contribution < -0.4 is 14.1 Å². The van der Waals surface area contributed by atoms with Crippen molar-refractivity contribution in [3.8, 4) is 28.2 Å². The molecular weight excluding hydrogens is 726 g/mol. The van der Waals surface area contributed by atoms with Crippen molar-refractivity contribution in [3.63, 3.8) is 0 Å². The van der Waals surface area contributed by atoms with E-state index in [4.69, 9.17) is 4.42 Å². The number of aromatic carboxylic acids is 1. The molecule has 0 spiro atoms. The number of fused-ring (bicyclic) bond motifs is 2. The molecule has 8 nitrogen and oxygen atoms in total. The van der Waals surface area contributed by atoms with Crippen molar-refractivity contribution in [2.75, 3.05) is 23.0 Å². The molecule has 0 saturated carbocycles. The van der Waals surface area contributed by atoms with E-state index in [0.717, 1.165) is 33.4 Å². The molecule has 2 fully saturated rings. The number of carbonyl (C=O) groups is 1. The summed E-state index contributed by atoms with van der Waals surface area (Å²) in [5.41, 5.74) is 1.26. The van der Waals surface area contributed by atoms with Crippen molar-refractivity contribution < 1.29 is 32.4 Å². The number of hydrogen-bond acceptors (Lipinski definition) is 10. The second-order valence-corrected chi connectivity index (χ2v) is 33.0. The van der Waals surface area contributed by atoms with Crippen LogP contribution >= 0.6 is 40.1 Å². The van der Waals surface area contributed by atoms with Crippen LogP contribution in [-0.2, 0) is 10.1 Å². The van der Waals surface area contributed by atoms with Gasteiger partial charge in [-0.05, 0) is 0 Å². The second kappa shape index (κ2) is 10.9. The van der Waals surface area contributed by atoms with Gasteiger partial charge in [0.05, 0.1) is 0 Å². The Bertz CT molecular complexity index is 1780. The zero-order chi connectivity index (χ0) is 27.5. The zero-order valence-corrected chi connectivity index (χ0v) is 27.5. The Labute approximate surface area is 245 Å². The second-order valence-electron chi connectivity index (χ2n) is 8.41. The Morgan fingerprint density at radius 1 is 0.872 bits per heavy atom. The number of phenolic OH excluding ortho intramolecular Hbond substituents is 1. The predicted octanol–water partition coefficient (Wildman–Crippen LogP) is 3.57.